The van der Waals surface area contributed by atoms with Crippen molar-refractivity contribution in [3.63, 3.8) is 0 Å². The molecule has 0 heterocycles. The topological polar surface area (TPSA) is 87.6 Å². The molecular weight excluding hydrogens is 272 g/mol. The zero-order valence-corrected chi connectivity index (χ0v) is 11.2. The van der Waals surface area contributed by atoms with Crippen LogP contribution in [-0.4, -0.2) is 29.8 Å². The molecule has 1 aromatic rings. The van der Waals surface area contributed by atoms with E-state index in [-0.39, 0.29) is 29.7 Å². The second-order valence-corrected chi connectivity index (χ2v) is 4.78. The molecule has 3 atom stereocenters. The van der Waals surface area contributed by atoms with E-state index >= 15 is 0 Å². The summed E-state index contributed by atoms with van der Waals surface area (Å²) in [5.74, 6) is 0.191. The molecule has 19 heavy (non-hydrogen) atoms. The van der Waals surface area contributed by atoms with E-state index in [1.165, 1.54) is 12.1 Å². The van der Waals surface area contributed by atoms with Crippen LogP contribution in [-0.2, 0) is 4.74 Å². The summed E-state index contributed by atoms with van der Waals surface area (Å²) < 4.78 is 11.1. The van der Waals surface area contributed by atoms with Crippen molar-refractivity contribution in [2.75, 3.05) is 6.61 Å². The van der Waals surface area contributed by atoms with Crippen molar-refractivity contribution in [2.24, 2.45) is 5.73 Å². The Kier molecular flexibility index (Phi) is 4.24. The van der Waals surface area contributed by atoms with Crippen LogP contribution in [0.5, 0.6) is 5.75 Å². The van der Waals surface area contributed by atoms with E-state index < -0.39 is 4.92 Å². The van der Waals surface area contributed by atoms with Gasteiger partial charge in [0.25, 0.3) is 0 Å². The lowest BCUT2D eigenvalue weighted by atomic mass is 9.86. The van der Waals surface area contributed by atoms with Gasteiger partial charge in [-0.1, -0.05) is 11.6 Å². The Hall–Kier alpha value is -1.37. The molecule has 0 aliphatic heterocycles. The summed E-state index contributed by atoms with van der Waals surface area (Å²) in [4.78, 5) is 10.4. The van der Waals surface area contributed by atoms with E-state index in [0.717, 1.165) is 0 Å². The molecule has 1 aliphatic rings. The molecule has 1 saturated carbocycles. The van der Waals surface area contributed by atoms with Crippen LogP contribution in [0.1, 0.15) is 13.3 Å². The average molecular weight is 287 g/mol. The van der Waals surface area contributed by atoms with Gasteiger partial charge in [0.1, 0.15) is 12.2 Å². The molecule has 0 amide bonds. The Labute approximate surface area is 115 Å². The molecule has 104 valence electrons. The molecule has 6 nitrogen and oxygen atoms in total. The summed E-state index contributed by atoms with van der Waals surface area (Å²) >= 11 is 5.74. The predicted octanol–water partition coefficient (Wildman–Crippen LogP) is 2.13. The van der Waals surface area contributed by atoms with Gasteiger partial charge in [0, 0.05) is 30.2 Å². The fraction of sp³-hybridized carbons (Fsp3) is 0.500. The fourth-order valence-electron chi connectivity index (χ4n) is 2.05. The lowest BCUT2D eigenvalue weighted by Crippen LogP contribution is -2.59. The maximum Gasteiger partial charge on any atom is 0.312 e. The monoisotopic (exact) mass is 286 g/mol. The van der Waals surface area contributed by atoms with Gasteiger partial charge >= 0.3 is 5.69 Å². The van der Waals surface area contributed by atoms with Crippen molar-refractivity contribution in [1.82, 2.24) is 0 Å². The second kappa shape index (κ2) is 5.73. The van der Waals surface area contributed by atoms with Gasteiger partial charge in [-0.25, -0.2) is 0 Å². The van der Waals surface area contributed by atoms with Crippen molar-refractivity contribution in [3.05, 3.63) is 33.3 Å². The molecule has 0 saturated heterocycles. The summed E-state index contributed by atoms with van der Waals surface area (Å²) in [5.41, 5.74) is 5.67. The highest BCUT2D eigenvalue weighted by molar-refractivity contribution is 6.30. The first-order valence-corrected chi connectivity index (χ1v) is 6.38. The molecule has 1 aliphatic carbocycles. The minimum absolute atomic E-state index is 0.0868. The zero-order valence-electron chi connectivity index (χ0n) is 10.4. The molecule has 0 bridgehead atoms. The Bertz CT molecular complexity index is 483. The third kappa shape index (κ3) is 2.97. The van der Waals surface area contributed by atoms with Gasteiger partial charge in [-0.05, 0) is 19.1 Å². The van der Waals surface area contributed by atoms with Gasteiger partial charge in [-0.3, -0.25) is 10.1 Å². The van der Waals surface area contributed by atoms with Gasteiger partial charge in [0.2, 0.25) is 0 Å². The number of nitrogens with two attached hydrogens (primary N) is 1. The summed E-state index contributed by atoms with van der Waals surface area (Å²) in [6.07, 6.45) is 0.139. The first-order chi connectivity index (χ1) is 9.02. The normalized spacial score (nSPS) is 25.7. The van der Waals surface area contributed by atoms with E-state index in [0.29, 0.717) is 18.1 Å². The van der Waals surface area contributed by atoms with Gasteiger partial charge in [-0.2, -0.15) is 0 Å². The van der Waals surface area contributed by atoms with Crippen LogP contribution in [0.2, 0.25) is 5.02 Å². The molecule has 0 radical (unpaired) electrons. The zero-order chi connectivity index (χ0) is 14.0. The van der Waals surface area contributed by atoms with Crippen LogP contribution in [0.25, 0.3) is 0 Å². The van der Waals surface area contributed by atoms with Gasteiger partial charge in [-0.15, -0.1) is 0 Å². The molecule has 1 aromatic carbocycles. The van der Waals surface area contributed by atoms with Crippen LogP contribution in [0.15, 0.2) is 18.2 Å². The number of halogens is 1. The number of rotatable bonds is 5. The SMILES string of the molecule is CCOC1C(N)CC1Oc1ccc(Cl)cc1[N+](=O)[O-]. The lowest BCUT2D eigenvalue weighted by molar-refractivity contribution is -0.386. The molecule has 1 fully saturated rings. The van der Waals surface area contributed by atoms with Gasteiger partial charge < -0.3 is 15.2 Å². The first-order valence-electron chi connectivity index (χ1n) is 6.00. The highest BCUT2D eigenvalue weighted by Gasteiger charge is 2.42. The molecule has 2 N–H and O–H groups in total. The number of ether oxygens (including phenoxy) is 2. The molecule has 7 heteroatoms. The maximum absolute atomic E-state index is 10.9. The number of hydrogen-bond donors (Lipinski definition) is 1. The van der Waals surface area contributed by atoms with Crippen molar-refractivity contribution < 1.29 is 14.4 Å². The smallest absolute Gasteiger partial charge is 0.312 e. The van der Waals surface area contributed by atoms with E-state index in [9.17, 15) is 10.1 Å². The number of benzene rings is 1. The summed E-state index contributed by atoms with van der Waals surface area (Å²) in [6.45, 7) is 2.40. The second-order valence-electron chi connectivity index (χ2n) is 4.34. The highest BCUT2D eigenvalue weighted by atomic mass is 35.5. The predicted molar refractivity (Wildman–Crippen MR) is 70.5 cm³/mol. The fourth-order valence-corrected chi connectivity index (χ4v) is 2.22. The van der Waals surface area contributed by atoms with Crippen LogP contribution >= 0.6 is 11.6 Å². The minimum Gasteiger partial charge on any atom is -0.481 e. The van der Waals surface area contributed by atoms with Crippen molar-refractivity contribution in [2.45, 2.75) is 31.6 Å². The number of hydrogen-bond acceptors (Lipinski definition) is 5. The van der Waals surface area contributed by atoms with Crippen molar-refractivity contribution in [3.8, 4) is 5.75 Å². The van der Waals surface area contributed by atoms with E-state index in [4.69, 9.17) is 26.8 Å². The number of nitrogens with zero attached hydrogens (tertiary/aromatic N) is 1. The Morgan fingerprint density at radius 3 is 2.89 bits per heavy atom. The average Bonchev–Trinajstić information content (AvgIpc) is 2.37. The third-order valence-electron chi connectivity index (χ3n) is 3.05. The van der Waals surface area contributed by atoms with Crippen molar-refractivity contribution in [1.29, 1.82) is 0 Å². The van der Waals surface area contributed by atoms with Crippen LogP contribution in [0, 0.1) is 10.1 Å². The van der Waals surface area contributed by atoms with E-state index in [2.05, 4.69) is 0 Å². The van der Waals surface area contributed by atoms with Gasteiger partial charge in [0.05, 0.1) is 4.92 Å². The van der Waals surface area contributed by atoms with Crippen molar-refractivity contribution >= 4 is 17.3 Å². The van der Waals surface area contributed by atoms with E-state index in [1.807, 2.05) is 6.92 Å². The first kappa shape index (κ1) is 14.0. The Morgan fingerprint density at radius 2 is 2.32 bits per heavy atom. The number of nitro groups is 1. The summed E-state index contributed by atoms with van der Waals surface area (Å²) in [5, 5.41) is 11.2. The number of nitro benzene ring substituents is 1. The third-order valence-corrected chi connectivity index (χ3v) is 3.28. The summed E-state index contributed by atoms with van der Waals surface area (Å²) in [7, 11) is 0. The lowest BCUT2D eigenvalue weighted by Gasteiger charge is -2.41. The van der Waals surface area contributed by atoms with Crippen LogP contribution < -0.4 is 10.5 Å². The quantitative estimate of drug-likeness (QED) is 0.662. The molecule has 2 rings (SSSR count). The summed E-state index contributed by atoms with van der Waals surface area (Å²) in [6, 6.07) is 4.23. The molecule has 0 aromatic heterocycles. The van der Waals surface area contributed by atoms with Crippen LogP contribution in [0.4, 0.5) is 5.69 Å². The maximum atomic E-state index is 10.9. The minimum atomic E-state index is -0.518. The molecular formula is C12H15ClN2O4. The largest absolute Gasteiger partial charge is 0.481 e. The highest BCUT2D eigenvalue weighted by Crippen LogP contribution is 2.34. The molecule has 3 unspecified atom stereocenters. The Morgan fingerprint density at radius 1 is 1.58 bits per heavy atom. The Balaban J connectivity index is 2.13. The standard InChI is InChI=1S/C12H15ClN2O4/c1-2-18-12-8(14)6-11(12)19-10-4-3-7(13)5-9(10)15(16)17/h3-5,8,11-12H,2,6,14H2,1H3. The molecule has 0 spiro atoms. The van der Waals surface area contributed by atoms with E-state index in [1.54, 1.807) is 6.07 Å². The van der Waals surface area contributed by atoms with Crippen LogP contribution in [0.3, 0.4) is 0 Å². The van der Waals surface area contributed by atoms with Gasteiger partial charge in [0.15, 0.2) is 5.75 Å².